The number of thioether (sulfide) groups is 1. The summed E-state index contributed by atoms with van der Waals surface area (Å²) in [6.07, 6.45) is 4.50. The molecule has 1 fully saturated rings. The number of hydrogen-bond donors (Lipinski definition) is 1. The molecule has 0 aliphatic carbocycles. The molecule has 1 aromatic rings. The highest BCUT2D eigenvalue weighted by molar-refractivity contribution is 7.99. The van der Waals surface area contributed by atoms with Crippen LogP contribution in [0, 0.1) is 5.41 Å². The van der Waals surface area contributed by atoms with Gasteiger partial charge < -0.3 is 10.6 Å². The molecule has 20 heavy (non-hydrogen) atoms. The van der Waals surface area contributed by atoms with Crippen molar-refractivity contribution in [2.45, 2.75) is 32.1 Å². The molecule has 0 saturated carbocycles. The molecule has 110 valence electrons. The minimum atomic E-state index is 0.0158. The van der Waals surface area contributed by atoms with Gasteiger partial charge in [0.05, 0.1) is 5.75 Å². The van der Waals surface area contributed by atoms with Crippen molar-refractivity contribution >= 4 is 17.7 Å². The molecular formula is C15H23N3OS. The van der Waals surface area contributed by atoms with Crippen LogP contribution in [-0.2, 0) is 10.5 Å². The largest absolute Gasteiger partial charge is 0.341 e. The lowest BCUT2D eigenvalue weighted by Crippen LogP contribution is -2.54. The highest BCUT2D eigenvalue weighted by atomic mass is 32.2. The molecule has 0 bridgehead atoms. The molecule has 1 atom stereocenters. The van der Waals surface area contributed by atoms with Crippen LogP contribution in [0.1, 0.15) is 25.8 Å². The molecule has 4 nitrogen and oxygen atoms in total. The molecule has 2 heterocycles. The van der Waals surface area contributed by atoms with Crippen LogP contribution in [0.5, 0.6) is 0 Å². The SMILES string of the molecule is CC1(C)CN(C(=O)CSCc2cccnc2)CCC1N. The first-order valence-electron chi connectivity index (χ1n) is 6.99. The zero-order chi connectivity index (χ0) is 14.6. The topological polar surface area (TPSA) is 59.2 Å². The molecule has 2 N–H and O–H groups in total. The Labute approximate surface area is 125 Å². The molecule has 1 aliphatic heterocycles. The number of amides is 1. The number of piperidine rings is 1. The number of hydrogen-bond acceptors (Lipinski definition) is 4. The summed E-state index contributed by atoms with van der Waals surface area (Å²) >= 11 is 1.65. The van der Waals surface area contributed by atoms with E-state index in [9.17, 15) is 4.79 Å². The van der Waals surface area contributed by atoms with Gasteiger partial charge in [-0.1, -0.05) is 19.9 Å². The Morgan fingerprint density at radius 3 is 3.05 bits per heavy atom. The number of carbonyl (C=O) groups is 1. The summed E-state index contributed by atoms with van der Waals surface area (Å²) < 4.78 is 0. The second-order valence-electron chi connectivity index (χ2n) is 6.05. The van der Waals surface area contributed by atoms with E-state index in [1.807, 2.05) is 23.2 Å². The van der Waals surface area contributed by atoms with E-state index in [-0.39, 0.29) is 17.4 Å². The predicted molar refractivity (Wildman–Crippen MR) is 83.4 cm³/mol. The van der Waals surface area contributed by atoms with Gasteiger partial charge in [0.2, 0.25) is 5.91 Å². The molecular weight excluding hydrogens is 270 g/mol. The number of carbonyl (C=O) groups excluding carboxylic acids is 1. The molecule has 5 heteroatoms. The van der Waals surface area contributed by atoms with E-state index in [1.165, 1.54) is 0 Å². The molecule has 0 aromatic carbocycles. The van der Waals surface area contributed by atoms with Crippen LogP contribution in [0.2, 0.25) is 0 Å². The van der Waals surface area contributed by atoms with Gasteiger partial charge in [-0.05, 0) is 23.5 Å². The third-order valence-corrected chi connectivity index (χ3v) is 4.87. The Morgan fingerprint density at radius 2 is 2.40 bits per heavy atom. The lowest BCUT2D eigenvalue weighted by molar-refractivity contribution is -0.131. The zero-order valence-electron chi connectivity index (χ0n) is 12.2. The van der Waals surface area contributed by atoms with E-state index in [1.54, 1.807) is 18.0 Å². The van der Waals surface area contributed by atoms with Gasteiger partial charge >= 0.3 is 0 Å². The van der Waals surface area contributed by atoms with Crippen LogP contribution in [0.4, 0.5) is 0 Å². The van der Waals surface area contributed by atoms with E-state index in [0.29, 0.717) is 5.75 Å². The molecule has 1 saturated heterocycles. The fourth-order valence-corrected chi connectivity index (χ4v) is 3.28. The van der Waals surface area contributed by atoms with Crippen LogP contribution in [0.3, 0.4) is 0 Å². The van der Waals surface area contributed by atoms with Crippen molar-refractivity contribution in [3.8, 4) is 0 Å². The number of aromatic nitrogens is 1. The normalized spacial score (nSPS) is 21.8. The number of likely N-dealkylation sites (tertiary alicyclic amines) is 1. The lowest BCUT2D eigenvalue weighted by atomic mass is 9.80. The Hall–Kier alpha value is -1.07. The summed E-state index contributed by atoms with van der Waals surface area (Å²) in [5, 5.41) is 0. The quantitative estimate of drug-likeness (QED) is 0.921. The second-order valence-corrected chi connectivity index (χ2v) is 7.04. The van der Waals surface area contributed by atoms with E-state index < -0.39 is 0 Å². The van der Waals surface area contributed by atoms with Crippen LogP contribution >= 0.6 is 11.8 Å². The summed E-state index contributed by atoms with van der Waals surface area (Å²) in [5.74, 6) is 1.58. The Kier molecular flexibility index (Phi) is 5.05. The van der Waals surface area contributed by atoms with Gasteiger partial charge in [0.15, 0.2) is 0 Å². The number of rotatable bonds is 4. The molecule has 0 spiro atoms. The fourth-order valence-electron chi connectivity index (χ4n) is 2.42. The fraction of sp³-hybridized carbons (Fsp3) is 0.600. The predicted octanol–water partition coefficient (Wildman–Crippen LogP) is 1.90. The standard InChI is InChI=1S/C15H23N3OS/c1-15(2)11-18(7-5-13(15)16)14(19)10-20-9-12-4-3-6-17-8-12/h3-4,6,8,13H,5,7,9-11,16H2,1-2H3. The molecule has 1 aromatic heterocycles. The first-order chi connectivity index (χ1) is 9.49. The minimum Gasteiger partial charge on any atom is -0.341 e. The summed E-state index contributed by atoms with van der Waals surface area (Å²) in [6, 6.07) is 4.15. The van der Waals surface area contributed by atoms with Crippen molar-refractivity contribution in [2.24, 2.45) is 11.1 Å². The maximum atomic E-state index is 12.2. The van der Waals surface area contributed by atoms with Crippen LogP contribution < -0.4 is 5.73 Å². The van der Waals surface area contributed by atoms with Crippen molar-refractivity contribution < 1.29 is 4.79 Å². The van der Waals surface area contributed by atoms with Crippen LogP contribution in [0.25, 0.3) is 0 Å². The summed E-state index contributed by atoms with van der Waals surface area (Å²) in [6.45, 7) is 5.83. The Bertz CT molecular complexity index is 450. The lowest BCUT2D eigenvalue weighted by Gasteiger charge is -2.42. The van der Waals surface area contributed by atoms with Gasteiger partial charge in [0.25, 0.3) is 0 Å². The van der Waals surface area contributed by atoms with Gasteiger partial charge in [-0.3, -0.25) is 9.78 Å². The monoisotopic (exact) mass is 293 g/mol. The molecule has 2 rings (SSSR count). The maximum absolute atomic E-state index is 12.2. The van der Waals surface area contributed by atoms with Crippen LogP contribution in [0.15, 0.2) is 24.5 Å². The van der Waals surface area contributed by atoms with E-state index in [4.69, 9.17) is 5.73 Å². The van der Waals surface area contributed by atoms with Crippen molar-refractivity contribution in [1.82, 2.24) is 9.88 Å². The van der Waals surface area contributed by atoms with Crippen molar-refractivity contribution in [2.75, 3.05) is 18.8 Å². The van der Waals surface area contributed by atoms with Gasteiger partial charge in [-0.25, -0.2) is 0 Å². The Morgan fingerprint density at radius 1 is 1.60 bits per heavy atom. The highest BCUT2D eigenvalue weighted by Crippen LogP contribution is 2.28. The maximum Gasteiger partial charge on any atom is 0.232 e. The smallest absolute Gasteiger partial charge is 0.232 e. The molecule has 1 unspecified atom stereocenters. The number of nitrogens with zero attached hydrogens (tertiary/aromatic N) is 2. The third kappa shape index (κ3) is 3.96. The van der Waals surface area contributed by atoms with Gasteiger partial charge in [-0.2, -0.15) is 0 Å². The van der Waals surface area contributed by atoms with Crippen LogP contribution in [-0.4, -0.2) is 40.7 Å². The number of pyridine rings is 1. The van der Waals surface area contributed by atoms with E-state index in [2.05, 4.69) is 18.8 Å². The minimum absolute atomic E-state index is 0.0158. The molecule has 1 aliphatic rings. The number of nitrogens with two attached hydrogens (primary N) is 1. The first-order valence-corrected chi connectivity index (χ1v) is 8.14. The van der Waals surface area contributed by atoms with E-state index >= 15 is 0 Å². The average molecular weight is 293 g/mol. The average Bonchev–Trinajstić information content (AvgIpc) is 2.43. The van der Waals surface area contributed by atoms with Crippen molar-refractivity contribution in [1.29, 1.82) is 0 Å². The Balaban J connectivity index is 1.78. The van der Waals surface area contributed by atoms with Gasteiger partial charge in [0, 0.05) is 37.3 Å². The summed E-state index contributed by atoms with van der Waals surface area (Å²) in [4.78, 5) is 18.3. The van der Waals surface area contributed by atoms with E-state index in [0.717, 1.165) is 30.8 Å². The molecule has 1 amide bonds. The first kappa shape index (κ1) is 15.3. The second kappa shape index (κ2) is 6.59. The molecule has 0 radical (unpaired) electrons. The van der Waals surface area contributed by atoms with Gasteiger partial charge in [-0.15, -0.1) is 11.8 Å². The van der Waals surface area contributed by atoms with Crippen molar-refractivity contribution in [3.63, 3.8) is 0 Å². The zero-order valence-corrected chi connectivity index (χ0v) is 13.0. The highest BCUT2D eigenvalue weighted by Gasteiger charge is 2.35. The summed E-state index contributed by atoms with van der Waals surface area (Å²) in [5.41, 5.74) is 7.28. The third-order valence-electron chi connectivity index (χ3n) is 3.88. The van der Waals surface area contributed by atoms with Gasteiger partial charge in [0.1, 0.15) is 0 Å². The summed E-state index contributed by atoms with van der Waals surface area (Å²) in [7, 11) is 0. The van der Waals surface area contributed by atoms with Crippen molar-refractivity contribution in [3.05, 3.63) is 30.1 Å².